The molecule has 1 aliphatic heterocycles. The lowest BCUT2D eigenvalue weighted by molar-refractivity contribution is 0.120. The number of hydrogen-bond acceptors (Lipinski definition) is 4. The van der Waals surface area contributed by atoms with Gasteiger partial charge in [-0.15, -0.1) is 0 Å². The monoisotopic (exact) mass is 283 g/mol. The minimum absolute atomic E-state index is 0.869. The van der Waals surface area contributed by atoms with Gasteiger partial charge in [-0.3, -0.25) is 4.90 Å². The molecule has 2 aromatic rings. The Hall–Kier alpha value is -1.88. The first-order valence-electron chi connectivity index (χ1n) is 7.85. The third kappa shape index (κ3) is 2.53. The van der Waals surface area contributed by atoms with Crippen molar-refractivity contribution in [2.24, 2.45) is 0 Å². The summed E-state index contributed by atoms with van der Waals surface area (Å²) in [6, 6.07) is 9.48. The molecule has 1 aromatic heterocycles. The van der Waals surface area contributed by atoms with Gasteiger partial charge in [-0.25, -0.2) is 0 Å². The van der Waals surface area contributed by atoms with E-state index in [9.17, 15) is 0 Å². The van der Waals surface area contributed by atoms with Crippen LogP contribution in [0.25, 0.3) is 11.3 Å². The van der Waals surface area contributed by atoms with Crippen molar-refractivity contribution in [3.8, 4) is 11.3 Å². The summed E-state index contributed by atoms with van der Waals surface area (Å²) in [7, 11) is 0. The fourth-order valence-electron chi connectivity index (χ4n) is 3.30. The summed E-state index contributed by atoms with van der Waals surface area (Å²) in [6.07, 6.45) is 6.00. The molecule has 5 heteroatoms. The third-order valence-electron chi connectivity index (χ3n) is 4.83. The van der Waals surface area contributed by atoms with Gasteiger partial charge in [0.15, 0.2) is 0 Å². The third-order valence-corrected chi connectivity index (χ3v) is 4.83. The number of benzene rings is 1. The fourth-order valence-corrected chi connectivity index (χ4v) is 3.30. The van der Waals surface area contributed by atoms with Crippen LogP contribution in [0.4, 0.5) is 5.69 Å². The number of aromatic amines is 1. The minimum atomic E-state index is 0.869. The molecular formula is C16H21N5. The minimum Gasteiger partial charge on any atom is -0.369 e. The second-order valence-electron chi connectivity index (χ2n) is 6.01. The number of rotatable bonds is 3. The summed E-state index contributed by atoms with van der Waals surface area (Å²) in [5.74, 6) is 0. The summed E-state index contributed by atoms with van der Waals surface area (Å²) in [5, 5.41) is 10.7. The van der Waals surface area contributed by atoms with Crippen molar-refractivity contribution in [2.75, 3.05) is 31.1 Å². The van der Waals surface area contributed by atoms with Crippen LogP contribution < -0.4 is 4.90 Å². The highest BCUT2D eigenvalue weighted by molar-refractivity contribution is 5.64. The quantitative estimate of drug-likeness (QED) is 0.937. The molecule has 0 amide bonds. The second kappa shape index (κ2) is 5.48. The lowest BCUT2D eigenvalue weighted by atomic mass is 9.91. The Bertz CT molecular complexity index is 582. The fraction of sp³-hybridized carbons (Fsp3) is 0.500. The number of anilines is 1. The Labute approximate surface area is 125 Å². The van der Waals surface area contributed by atoms with Crippen LogP contribution in [-0.2, 0) is 0 Å². The molecule has 21 heavy (non-hydrogen) atoms. The first kappa shape index (κ1) is 12.8. The molecule has 1 N–H and O–H groups in total. The summed E-state index contributed by atoms with van der Waals surface area (Å²) in [4.78, 5) is 5.15. The van der Waals surface area contributed by atoms with E-state index >= 15 is 0 Å². The molecule has 2 fully saturated rings. The number of hydrogen-bond donors (Lipinski definition) is 1. The van der Waals surface area contributed by atoms with E-state index in [1.54, 1.807) is 6.20 Å². The molecule has 2 aliphatic rings. The zero-order chi connectivity index (χ0) is 14.1. The van der Waals surface area contributed by atoms with Gasteiger partial charge >= 0.3 is 0 Å². The standard InChI is InChI=1S/C16H21N5/c1-3-13(16-12-17-19-18-16)11-15(6-1)21-9-7-20(8-10-21)14-4-2-5-14/h1,3,6,11-12,14H,2,4-5,7-10H2,(H,17,18,19). The van der Waals surface area contributed by atoms with E-state index in [1.165, 1.54) is 38.0 Å². The van der Waals surface area contributed by atoms with Gasteiger partial charge in [0, 0.05) is 43.5 Å². The van der Waals surface area contributed by atoms with E-state index in [-0.39, 0.29) is 0 Å². The van der Waals surface area contributed by atoms with Crippen molar-refractivity contribution in [1.82, 2.24) is 20.3 Å². The first-order chi connectivity index (χ1) is 10.4. The normalized spacial score (nSPS) is 20.5. The topological polar surface area (TPSA) is 48.1 Å². The van der Waals surface area contributed by atoms with Crippen LogP contribution in [0.1, 0.15) is 19.3 Å². The molecule has 1 aliphatic carbocycles. The Balaban J connectivity index is 1.46. The van der Waals surface area contributed by atoms with Gasteiger partial charge < -0.3 is 4.90 Å². The van der Waals surface area contributed by atoms with Gasteiger partial charge in [0.25, 0.3) is 0 Å². The molecule has 2 heterocycles. The molecule has 0 atom stereocenters. The summed E-state index contributed by atoms with van der Waals surface area (Å²) < 4.78 is 0. The van der Waals surface area contributed by atoms with Gasteiger partial charge in [0.05, 0.1) is 6.20 Å². The zero-order valence-electron chi connectivity index (χ0n) is 12.2. The van der Waals surface area contributed by atoms with Gasteiger partial charge in [0.2, 0.25) is 0 Å². The molecule has 1 saturated carbocycles. The van der Waals surface area contributed by atoms with Crippen molar-refractivity contribution in [3.63, 3.8) is 0 Å². The highest BCUT2D eigenvalue weighted by Gasteiger charge is 2.27. The molecule has 1 saturated heterocycles. The summed E-state index contributed by atoms with van der Waals surface area (Å²) in [5.41, 5.74) is 3.33. The van der Waals surface area contributed by atoms with Crippen LogP contribution in [0, 0.1) is 0 Å². The molecule has 5 nitrogen and oxygen atoms in total. The predicted octanol–water partition coefficient (Wildman–Crippen LogP) is 2.15. The van der Waals surface area contributed by atoms with E-state index in [4.69, 9.17) is 0 Å². The molecule has 4 rings (SSSR count). The average molecular weight is 283 g/mol. The summed E-state index contributed by atoms with van der Waals surface area (Å²) >= 11 is 0. The number of H-pyrrole nitrogens is 1. The second-order valence-corrected chi connectivity index (χ2v) is 6.01. The van der Waals surface area contributed by atoms with Gasteiger partial charge in [-0.2, -0.15) is 15.4 Å². The van der Waals surface area contributed by atoms with E-state index in [1.807, 2.05) is 0 Å². The van der Waals surface area contributed by atoms with Gasteiger partial charge in [-0.05, 0) is 25.0 Å². The highest BCUT2D eigenvalue weighted by atomic mass is 15.3. The van der Waals surface area contributed by atoms with Crippen molar-refractivity contribution in [2.45, 2.75) is 25.3 Å². The van der Waals surface area contributed by atoms with Crippen LogP contribution in [0.3, 0.4) is 0 Å². The number of nitrogens with zero attached hydrogens (tertiary/aromatic N) is 4. The number of nitrogens with one attached hydrogen (secondary N) is 1. The zero-order valence-corrected chi connectivity index (χ0v) is 12.2. The van der Waals surface area contributed by atoms with Crippen LogP contribution in [-0.4, -0.2) is 52.5 Å². The van der Waals surface area contributed by atoms with Crippen LogP contribution in [0.2, 0.25) is 0 Å². The molecule has 0 unspecified atom stereocenters. The van der Waals surface area contributed by atoms with E-state index in [0.29, 0.717) is 0 Å². The average Bonchev–Trinajstić information content (AvgIpc) is 3.01. The summed E-state index contributed by atoms with van der Waals surface area (Å²) in [6.45, 7) is 4.63. The Morgan fingerprint density at radius 2 is 1.95 bits per heavy atom. The number of aromatic nitrogens is 3. The van der Waals surface area contributed by atoms with Crippen molar-refractivity contribution < 1.29 is 0 Å². The number of piperazine rings is 1. The Morgan fingerprint density at radius 1 is 1.10 bits per heavy atom. The van der Waals surface area contributed by atoms with Crippen molar-refractivity contribution in [1.29, 1.82) is 0 Å². The van der Waals surface area contributed by atoms with Crippen LogP contribution >= 0.6 is 0 Å². The molecule has 0 spiro atoms. The van der Waals surface area contributed by atoms with Gasteiger partial charge in [-0.1, -0.05) is 18.6 Å². The smallest absolute Gasteiger partial charge is 0.112 e. The maximum atomic E-state index is 4.16. The maximum Gasteiger partial charge on any atom is 0.112 e. The molecular weight excluding hydrogens is 262 g/mol. The van der Waals surface area contributed by atoms with E-state index < -0.39 is 0 Å². The highest BCUT2D eigenvalue weighted by Crippen LogP contribution is 2.28. The molecule has 0 radical (unpaired) electrons. The maximum absolute atomic E-state index is 4.16. The lowest BCUT2D eigenvalue weighted by Crippen LogP contribution is -2.52. The molecule has 110 valence electrons. The van der Waals surface area contributed by atoms with Gasteiger partial charge in [0.1, 0.15) is 5.69 Å². The van der Waals surface area contributed by atoms with Crippen LogP contribution in [0.5, 0.6) is 0 Å². The predicted molar refractivity (Wildman–Crippen MR) is 83.2 cm³/mol. The lowest BCUT2D eigenvalue weighted by Gasteiger charge is -2.43. The van der Waals surface area contributed by atoms with Crippen LogP contribution in [0.15, 0.2) is 30.5 Å². The Morgan fingerprint density at radius 3 is 2.62 bits per heavy atom. The van der Waals surface area contributed by atoms with Crippen molar-refractivity contribution >= 4 is 5.69 Å². The molecule has 1 aromatic carbocycles. The first-order valence-corrected chi connectivity index (χ1v) is 7.85. The SMILES string of the molecule is c1cc(-c2cn[nH]n2)cc(N2CCN(C3CCC3)CC2)c1. The molecule has 0 bridgehead atoms. The van der Waals surface area contributed by atoms with E-state index in [2.05, 4.69) is 49.5 Å². The van der Waals surface area contributed by atoms with Crippen molar-refractivity contribution in [3.05, 3.63) is 30.5 Å². The Kier molecular flexibility index (Phi) is 3.35. The van der Waals surface area contributed by atoms with E-state index in [0.717, 1.165) is 30.4 Å². The largest absolute Gasteiger partial charge is 0.369 e.